The van der Waals surface area contributed by atoms with Gasteiger partial charge in [-0.2, -0.15) is 0 Å². The Morgan fingerprint density at radius 3 is 2.32 bits per heavy atom. The average molecular weight is 377 g/mol. The summed E-state index contributed by atoms with van der Waals surface area (Å²) in [6.07, 6.45) is 1.18. The molecule has 5 nitrogen and oxygen atoms in total. The highest BCUT2D eigenvalue weighted by Gasteiger charge is 2.16. The quantitative estimate of drug-likeness (QED) is 0.629. The van der Waals surface area contributed by atoms with Crippen molar-refractivity contribution in [3.05, 3.63) is 71.6 Å². The van der Waals surface area contributed by atoms with Gasteiger partial charge >= 0.3 is 0 Å². The zero-order valence-electron chi connectivity index (χ0n) is 17.0. The van der Waals surface area contributed by atoms with Crippen molar-refractivity contribution in [1.29, 1.82) is 0 Å². The summed E-state index contributed by atoms with van der Waals surface area (Å²) in [5, 5.41) is 8.22. The van der Waals surface area contributed by atoms with Gasteiger partial charge in [0.25, 0.3) is 0 Å². The molecule has 1 heterocycles. The van der Waals surface area contributed by atoms with E-state index in [0.29, 0.717) is 24.7 Å². The Kier molecular flexibility index (Phi) is 5.93. The van der Waals surface area contributed by atoms with Crippen LogP contribution < -0.4 is 0 Å². The maximum Gasteiger partial charge on any atom is 0.247 e. The predicted octanol–water partition coefficient (Wildman–Crippen LogP) is 4.63. The van der Waals surface area contributed by atoms with E-state index in [9.17, 15) is 4.79 Å². The second-order valence-electron chi connectivity index (χ2n) is 8.06. The highest BCUT2D eigenvalue weighted by molar-refractivity contribution is 5.76. The highest BCUT2D eigenvalue weighted by atomic mass is 16.4. The van der Waals surface area contributed by atoms with Crippen molar-refractivity contribution < 1.29 is 9.21 Å². The number of benzene rings is 2. The molecular formula is C23H27N3O2. The second kappa shape index (κ2) is 8.38. The number of aromatic nitrogens is 2. The normalized spacial score (nSPS) is 11.4. The first kappa shape index (κ1) is 19.8. The van der Waals surface area contributed by atoms with E-state index in [1.54, 1.807) is 11.9 Å². The van der Waals surface area contributed by atoms with Gasteiger partial charge in [0.1, 0.15) is 0 Å². The fourth-order valence-electron chi connectivity index (χ4n) is 2.92. The molecule has 1 amide bonds. The maximum absolute atomic E-state index is 12.4. The molecule has 0 aliphatic heterocycles. The molecule has 3 aromatic rings. The Bertz CT molecular complexity index is 909. The lowest BCUT2D eigenvalue weighted by atomic mass is 9.87. The summed E-state index contributed by atoms with van der Waals surface area (Å²) in [6, 6.07) is 18.2. The Morgan fingerprint density at radius 1 is 1.00 bits per heavy atom. The lowest BCUT2D eigenvalue weighted by Crippen LogP contribution is -2.26. The number of hydrogen-bond acceptors (Lipinski definition) is 4. The molecule has 0 aliphatic carbocycles. The van der Waals surface area contributed by atoms with Crippen LogP contribution in [0.3, 0.4) is 0 Å². The molecule has 0 atom stereocenters. The molecule has 0 radical (unpaired) electrons. The van der Waals surface area contributed by atoms with Crippen LogP contribution in [0, 0.1) is 0 Å². The zero-order valence-corrected chi connectivity index (χ0v) is 17.0. The monoisotopic (exact) mass is 377 g/mol. The van der Waals surface area contributed by atoms with Gasteiger partial charge in [0.2, 0.25) is 17.7 Å². The summed E-state index contributed by atoms with van der Waals surface area (Å²) in [5.41, 5.74) is 3.38. The molecule has 5 heteroatoms. The van der Waals surface area contributed by atoms with Crippen molar-refractivity contribution in [2.45, 2.75) is 45.6 Å². The third kappa shape index (κ3) is 5.06. The molecule has 1 aromatic heterocycles. The predicted molar refractivity (Wildman–Crippen MR) is 110 cm³/mol. The second-order valence-corrected chi connectivity index (χ2v) is 8.06. The van der Waals surface area contributed by atoms with Crippen molar-refractivity contribution in [2.75, 3.05) is 7.05 Å². The fraction of sp³-hybridized carbons (Fsp3) is 0.348. The molecule has 3 rings (SSSR count). The molecule has 0 aliphatic rings. The van der Waals surface area contributed by atoms with Crippen molar-refractivity contribution in [2.24, 2.45) is 0 Å². The highest BCUT2D eigenvalue weighted by Crippen LogP contribution is 2.25. The largest absolute Gasteiger partial charge is 0.419 e. The van der Waals surface area contributed by atoms with Gasteiger partial charge in [-0.05, 0) is 35.1 Å². The van der Waals surface area contributed by atoms with Crippen molar-refractivity contribution in [3.8, 4) is 11.5 Å². The third-order valence-corrected chi connectivity index (χ3v) is 4.73. The van der Waals surface area contributed by atoms with Crippen molar-refractivity contribution in [1.82, 2.24) is 15.1 Å². The van der Waals surface area contributed by atoms with Gasteiger partial charge in [0, 0.05) is 19.0 Å². The van der Waals surface area contributed by atoms with E-state index in [4.69, 9.17) is 4.42 Å². The van der Waals surface area contributed by atoms with E-state index in [0.717, 1.165) is 17.5 Å². The Labute approximate surface area is 166 Å². The zero-order chi connectivity index (χ0) is 20.1. The molecule has 28 heavy (non-hydrogen) atoms. The van der Waals surface area contributed by atoms with Crippen LogP contribution in [0.15, 0.2) is 59.0 Å². The first-order valence-electron chi connectivity index (χ1n) is 9.54. The molecule has 146 valence electrons. The lowest BCUT2D eigenvalue weighted by molar-refractivity contribution is -0.130. The van der Waals surface area contributed by atoms with Crippen LogP contribution in [0.5, 0.6) is 0 Å². The first-order chi connectivity index (χ1) is 13.3. The average Bonchev–Trinajstić information content (AvgIpc) is 3.14. The number of aryl methyl sites for hydroxylation is 1. The van der Waals surface area contributed by atoms with Crippen molar-refractivity contribution in [3.63, 3.8) is 0 Å². The third-order valence-electron chi connectivity index (χ3n) is 4.73. The summed E-state index contributed by atoms with van der Waals surface area (Å²) in [7, 11) is 1.76. The van der Waals surface area contributed by atoms with Gasteiger partial charge in [0.05, 0.1) is 6.54 Å². The summed E-state index contributed by atoms with van der Waals surface area (Å²) in [4.78, 5) is 14.0. The molecule has 2 aromatic carbocycles. The SMILES string of the molecule is CN(Cc1nnc(-c2ccc(C(C)(C)C)cc2)o1)C(=O)CCc1ccccc1. The molecule has 0 saturated heterocycles. The molecule has 0 bridgehead atoms. The van der Waals surface area contributed by atoms with Gasteiger partial charge in [-0.1, -0.05) is 63.2 Å². The van der Waals surface area contributed by atoms with Crippen LogP contribution in [-0.2, 0) is 23.2 Å². The van der Waals surface area contributed by atoms with Gasteiger partial charge in [0.15, 0.2) is 0 Å². The smallest absolute Gasteiger partial charge is 0.247 e. The number of rotatable bonds is 6. The van der Waals surface area contributed by atoms with Crippen LogP contribution in [-0.4, -0.2) is 28.1 Å². The first-order valence-corrected chi connectivity index (χ1v) is 9.54. The number of nitrogens with zero attached hydrogens (tertiary/aromatic N) is 3. The van der Waals surface area contributed by atoms with E-state index < -0.39 is 0 Å². The minimum absolute atomic E-state index is 0.0538. The standard InChI is InChI=1S/C23H27N3O2/c1-23(2,3)19-13-11-18(12-14-19)22-25-24-20(28-22)16-26(4)21(27)15-10-17-8-6-5-7-9-17/h5-9,11-14H,10,15-16H2,1-4H3. The maximum atomic E-state index is 12.4. The van der Waals surface area contributed by atoms with Gasteiger partial charge in [-0.25, -0.2) is 0 Å². The summed E-state index contributed by atoms with van der Waals surface area (Å²) < 4.78 is 5.76. The number of hydrogen-bond donors (Lipinski definition) is 0. The molecule has 0 saturated carbocycles. The summed E-state index contributed by atoms with van der Waals surface area (Å²) >= 11 is 0. The van der Waals surface area contributed by atoms with Gasteiger partial charge in [-0.15, -0.1) is 10.2 Å². The van der Waals surface area contributed by atoms with Gasteiger partial charge < -0.3 is 9.32 Å². The topological polar surface area (TPSA) is 59.2 Å². The van der Waals surface area contributed by atoms with E-state index in [1.165, 1.54) is 5.56 Å². The van der Waals surface area contributed by atoms with E-state index >= 15 is 0 Å². The lowest BCUT2D eigenvalue weighted by Gasteiger charge is -2.18. The van der Waals surface area contributed by atoms with Crippen LogP contribution in [0.4, 0.5) is 0 Å². The summed E-state index contributed by atoms with van der Waals surface area (Å²) in [6.45, 7) is 6.84. The fourth-order valence-corrected chi connectivity index (χ4v) is 2.92. The van der Waals surface area contributed by atoms with Crippen LogP contribution in [0.1, 0.15) is 44.2 Å². The molecule has 0 N–H and O–H groups in total. The number of amides is 1. The van der Waals surface area contributed by atoms with E-state index in [2.05, 4.69) is 43.1 Å². The van der Waals surface area contributed by atoms with Crippen LogP contribution in [0.25, 0.3) is 11.5 Å². The number of carbonyl (C=O) groups is 1. The minimum atomic E-state index is 0.0538. The van der Waals surface area contributed by atoms with Crippen molar-refractivity contribution >= 4 is 5.91 Å². The minimum Gasteiger partial charge on any atom is -0.419 e. The molecule has 0 spiro atoms. The summed E-state index contributed by atoms with van der Waals surface area (Å²) in [5.74, 6) is 0.962. The van der Waals surface area contributed by atoms with E-state index in [-0.39, 0.29) is 11.3 Å². The van der Waals surface area contributed by atoms with E-state index in [1.807, 2.05) is 42.5 Å². The van der Waals surface area contributed by atoms with Gasteiger partial charge in [-0.3, -0.25) is 4.79 Å². The Morgan fingerprint density at radius 2 is 1.68 bits per heavy atom. The molecular weight excluding hydrogens is 350 g/mol. The number of carbonyl (C=O) groups excluding carboxylic acids is 1. The molecule has 0 unspecified atom stereocenters. The van der Waals surface area contributed by atoms with Crippen LogP contribution in [0.2, 0.25) is 0 Å². The van der Waals surface area contributed by atoms with Crippen LogP contribution >= 0.6 is 0 Å². The Balaban J connectivity index is 1.58. The molecule has 0 fully saturated rings. The Hall–Kier alpha value is -2.95.